The number of pyridine rings is 2. The number of alkyl halides is 2. The van der Waals surface area contributed by atoms with Crippen LogP contribution >= 0.6 is 55.1 Å². The zero-order valence-electron chi connectivity index (χ0n) is 36.1. The number of rotatable bonds is 10. The summed E-state index contributed by atoms with van der Waals surface area (Å²) >= 11 is 16.3. The van der Waals surface area contributed by atoms with E-state index in [9.17, 15) is 14.4 Å². The zero-order chi connectivity index (χ0) is 44.1. The van der Waals surface area contributed by atoms with Crippen LogP contribution in [0.5, 0.6) is 0 Å². The lowest BCUT2D eigenvalue weighted by atomic mass is 10.0. The van der Waals surface area contributed by atoms with Crippen molar-refractivity contribution >= 4 is 73.5 Å². The molecule has 0 radical (unpaired) electrons. The molecule has 0 aliphatic rings. The van der Waals surface area contributed by atoms with Crippen LogP contribution in [0.25, 0.3) is 0 Å². The number of nitrogens with two attached hydrogens (primary N) is 1. The van der Waals surface area contributed by atoms with Gasteiger partial charge < -0.3 is 34.9 Å². The van der Waals surface area contributed by atoms with Crippen molar-refractivity contribution in [3.8, 4) is 0 Å². The molecule has 0 bridgehead atoms. The summed E-state index contributed by atoms with van der Waals surface area (Å²) in [7, 11) is 0. The Morgan fingerprint density at radius 3 is 1.39 bits per heavy atom. The Morgan fingerprint density at radius 2 is 1.07 bits per heavy atom. The van der Waals surface area contributed by atoms with Crippen molar-refractivity contribution in [2.24, 2.45) is 5.73 Å². The first kappa shape index (κ1) is 58.1. The Bertz CT molecular complexity index is 1320. The summed E-state index contributed by atoms with van der Waals surface area (Å²) in [6.45, 7) is 29.9. The molecule has 56 heavy (non-hydrogen) atoms. The number of hydrogen-bond donors (Lipinski definition) is 2. The second-order valence-electron chi connectivity index (χ2n) is 15.0. The fourth-order valence-electron chi connectivity index (χ4n) is 4.07. The van der Waals surface area contributed by atoms with Gasteiger partial charge in [-0.15, -0.1) is 23.2 Å². The van der Waals surface area contributed by atoms with E-state index in [0.717, 1.165) is 45.8 Å². The molecule has 0 aliphatic heterocycles. The van der Waals surface area contributed by atoms with Crippen LogP contribution in [-0.4, -0.2) is 75.0 Å². The summed E-state index contributed by atoms with van der Waals surface area (Å²) in [6, 6.07) is 4.03. The van der Waals surface area contributed by atoms with Gasteiger partial charge >= 0.3 is 18.4 Å². The van der Waals surface area contributed by atoms with Gasteiger partial charge in [0.15, 0.2) is 0 Å². The third-order valence-electron chi connectivity index (χ3n) is 6.44. The number of amides is 1. The Balaban J connectivity index is -0.000000683. The lowest BCUT2D eigenvalue weighted by Gasteiger charge is -2.23. The van der Waals surface area contributed by atoms with E-state index < -0.39 is 35.2 Å². The molecule has 12 nitrogen and oxygen atoms in total. The quantitative estimate of drug-likeness (QED) is 0.101. The Morgan fingerprint density at radius 1 is 0.696 bits per heavy atom. The van der Waals surface area contributed by atoms with Gasteiger partial charge in [0.2, 0.25) is 0 Å². The Labute approximate surface area is 364 Å². The third kappa shape index (κ3) is 36.1. The monoisotopic (exact) mass is 959 g/mol. The van der Waals surface area contributed by atoms with E-state index in [-0.39, 0.29) is 17.4 Å². The first-order chi connectivity index (χ1) is 25.8. The third-order valence-corrected chi connectivity index (χ3v) is 7.31. The van der Waals surface area contributed by atoms with Gasteiger partial charge in [-0.2, -0.15) is 0 Å². The van der Waals surface area contributed by atoms with Crippen molar-refractivity contribution in [2.75, 3.05) is 25.0 Å². The van der Waals surface area contributed by atoms with Gasteiger partial charge in [0.1, 0.15) is 16.8 Å². The van der Waals surface area contributed by atoms with E-state index in [4.69, 9.17) is 43.1 Å². The molecule has 2 unspecified atom stereocenters. The molecule has 2 atom stereocenters. The van der Waals surface area contributed by atoms with Crippen LogP contribution in [-0.2, 0) is 18.9 Å². The van der Waals surface area contributed by atoms with E-state index in [0.29, 0.717) is 0 Å². The minimum atomic E-state index is -1.06. The zero-order valence-corrected chi connectivity index (χ0v) is 40.7. The molecule has 324 valence electrons. The summed E-state index contributed by atoms with van der Waals surface area (Å²) in [5, 5.41) is 3.09. The van der Waals surface area contributed by atoms with Gasteiger partial charge in [-0.3, -0.25) is 9.97 Å². The van der Waals surface area contributed by atoms with Crippen molar-refractivity contribution in [3.05, 3.63) is 57.0 Å². The van der Waals surface area contributed by atoms with Crippen LogP contribution < -0.4 is 11.1 Å². The van der Waals surface area contributed by atoms with Crippen LogP contribution in [0.2, 0.25) is 0 Å². The molecule has 16 heteroatoms. The molecule has 2 aromatic heterocycles. The average Bonchev–Trinajstić information content (AvgIpc) is 3.04. The maximum absolute atomic E-state index is 11.8. The minimum Gasteiger partial charge on any atom is -0.444 e. The minimum absolute atomic E-state index is 0.0788. The van der Waals surface area contributed by atoms with Crippen molar-refractivity contribution in [1.82, 2.24) is 20.2 Å². The van der Waals surface area contributed by atoms with Crippen molar-refractivity contribution < 1.29 is 33.3 Å². The predicted octanol–water partition coefficient (Wildman–Crippen LogP) is 12.5. The van der Waals surface area contributed by atoms with Gasteiger partial charge in [-0.1, -0.05) is 47.5 Å². The van der Waals surface area contributed by atoms with Crippen LogP contribution in [0.4, 0.5) is 14.4 Å². The molecular formula is C40H69Br2Cl2N5O7. The maximum atomic E-state index is 11.8. The number of alkyl carbamates (subject to hydrolysis) is 1. The molecule has 0 aliphatic carbocycles. The summed E-state index contributed by atoms with van der Waals surface area (Å²) in [4.78, 5) is 44.4. The van der Waals surface area contributed by atoms with Crippen molar-refractivity contribution in [2.45, 2.75) is 152 Å². The number of carbonyl (C=O) groups excluding carboxylic acids is 3. The molecule has 2 rings (SSSR count). The molecule has 1 amide bonds. The summed E-state index contributed by atoms with van der Waals surface area (Å²) in [5.74, 6) is 0. The Hall–Kier alpha value is -2.23. The average molecular weight is 963 g/mol. The number of carbonyl (C=O) groups is 3. The largest absolute Gasteiger partial charge is 0.519 e. The normalized spacial score (nSPS) is 11.9. The summed E-state index contributed by atoms with van der Waals surface area (Å²) in [5.41, 5.74) is 6.11. The molecule has 0 saturated carbocycles. The van der Waals surface area contributed by atoms with Crippen LogP contribution in [0.1, 0.15) is 146 Å². The second-order valence-corrected chi connectivity index (χ2v) is 17.6. The van der Waals surface area contributed by atoms with E-state index >= 15 is 0 Å². The van der Waals surface area contributed by atoms with Gasteiger partial charge in [-0.05, 0) is 150 Å². The van der Waals surface area contributed by atoms with Gasteiger partial charge in [0.25, 0.3) is 0 Å². The number of aromatic nitrogens is 2. The maximum Gasteiger partial charge on any atom is 0.519 e. The topological polar surface area (TPSA) is 155 Å². The first-order valence-corrected chi connectivity index (χ1v) is 21.4. The number of nitrogens with zero attached hydrogens (tertiary/aromatic N) is 3. The highest BCUT2D eigenvalue weighted by Crippen LogP contribution is 2.22. The lowest BCUT2D eigenvalue weighted by Crippen LogP contribution is -2.35. The van der Waals surface area contributed by atoms with E-state index in [1.54, 1.807) is 60.1 Å². The first-order valence-electron chi connectivity index (χ1n) is 18.8. The number of nitrogens with one attached hydrogen (secondary N) is 1. The Kier molecular flexibility index (Phi) is 32.9. The second kappa shape index (κ2) is 31.7. The molecule has 2 heterocycles. The molecular weight excluding hydrogens is 893 g/mol. The molecule has 0 saturated heterocycles. The molecule has 2 aromatic rings. The standard InChI is InChI=1S/C14H21BrN2O2.C10H18O5.C9H13BrN2.C6H15N.CH2Cl2/c1-5-6-12(10-7-11(15)9-16-8-10)17-13(18)19-14(2,3)4;1-9(2,3)14-7(11)13-8(12)15-10(4,5)6;1-2-3-9(11)7-4-8(10)6-12-5-7;1-4-7(5-2)6-3;2-1-3/h7-9,12H,5-6H2,1-4H3,(H,17,18);1-6H3;4-6,9H,2-3,11H2,1H3;4-6H2,1-3H3;1H2. The molecule has 0 aromatic carbocycles. The van der Waals surface area contributed by atoms with Crippen molar-refractivity contribution in [3.63, 3.8) is 0 Å². The molecule has 0 spiro atoms. The summed E-state index contributed by atoms with van der Waals surface area (Å²) < 4.78 is 21.0. The highest BCUT2D eigenvalue weighted by Gasteiger charge is 2.24. The number of hydrogen-bond acceptors (Lipinski definition) is 11. The highest BCUT2D eigenvalue weighted by atomic mass is 79.9. The van der Waals surface area contributed by atoms with E-state index in [2.05, 4.69) is 91.4 Å². The molecule has 3 N–H and O–H groups in total. The van der Waals surface area contributed by atoms with Crippen molar-refractivity contribution in [1.29, 1.82) is 0 Å². The van der Waals surface area contributed by atoms with E-state index in [1.165, 1.54) is 19.6 Å². The smallest absolute Gasteiger partial charge is 0.444 e. The number of ether oxygens (including phenoxy) is 4. The SMILES string of the molecule is CC(C)(C)OC(=O)OC(=O)OC(C)(C)C.CCCC(N)c1cncc(Br)c1.CCCC(NC(=O)OC(C)(C)C)c1cncc(Br)c1.CCN(CC)CC.ClCCl. The highest BCUT2D eigenvalue weighted by molar-refractivity contribution is 9.10. The van der Waals surface area contributed by atoms with Gasteiger partial charge in [0, 0.05) is 39.8 Å². The molecule has 0 fully saturated rings. The fraction of sp³-hybridized carbons (Fsp3) is 0.675. The fourth-order valence-corrected chi connectivity index (χ4v) is 4.83. The van der Waals surface area contributed by atoms with Crippen LogP contribution in [0.15, 0.2) is 45.9 Å². The summed E-state index contributed by atoms with van der Waals surface area (Å²) in [6.07, 6.45) is 8.49. The van der Waals surface area contributed by atoms with E-state index in [1.807, 2.05) is 39.1 Å². The van der Waals surface area contributed by atoms with Crippen LogP contribution in [0, 0.1) is 0 Å². The van der Waals surface area contributed by atoms with Gasteiger partial charge in [-0.25, -0.2) is 14.4 Å². The predicted molar refractivity (Wildman–Crippen MR) is 236 cm³/mol. The lowest BCUT2D eigenvalue weighted by molar-refractivity contribution is -0.0294. The van der Waals surface area contributed by atoms with Crippen LogP contribution in [0.3, 0.4) is 0 Å². The van der Waals surface area contributed by atoms with Gasteiger partial charge in [0.05, 0.1) is 11.4 Å². The number of halogens is 4.